The number of para-hydroxylation sites is 1. The standard InChI is InChI=1S/C21H24N4O2S/c1-3-24(4-2)14-13-22-19(26)15-9-11-16(12-10-15)25-20(27)17-7-5-6-8-18(17)23-21(25)28/h5-12H,3-4,13-14H2,1-2H3,(H,22,26)(H,23,28). The summed E-state index contributed by atoms with van der Waals surface area (Å²) in [7, 11) is 0. The summed E-state index contributed by atoms with van der Waals surface area (Å²) in [6.45, 7) is 7.54. The molecular weight excluding hydrogens is 372 g/mol. The second-order valence-corrected chi connectivity index (χ2v) is 6.83. The van der Waals surface area contributed by atoms with E-state index in [1.54, 1.807) is 30.3 Å². The van der Waals surface area contributed by atoms with Crippen LogP contribution in [0, 0.1) is 4.77 Å². The minimum absolute atomic E-state index is 0.130. The van der Waals surface area contributed by atoms with Crippen molar-refractivity contribution in [3.63, 3.8) is 0 Å². The molecule has 0 aliphatic carbocycles. The Kier molecular flexibility index (Phi) is 6.38. The maximum absolute atomic E-state index is 12.8. The Labute approximate surface area is 168 Å². The van der Waals surface area contributed by atoms with Gasteiger partial charge in [0.05, 0.1) is 16.6 Å². The van der Waals surface area contributed by atoms with Gasteiger partial charge in [0.2, 0.25) is 0 Å². The summed E-state index contributed by atoms with van der Waals surface area (Å²) < 4.78 is 1.76. The lowest BCUT2D eigenvalue weighted by atomic mass is 10.2. The molecule has 0 fully saturated rings. The predicted octanol–water partition coefficient (Wildman–Crippen LogP) is 3.12. The fourth-order valence-electron chi connectivity index (χ4n) is 3.13. The van der Waals surface area contributed by atoms with Gasteiger partial charge >= 0.3 is 0 Å². The minimum atomic E-state index is -0.184. The summed E-state index contributed by atoms with van der Waals surface area (Å²) in [5.74, 6) is -0.130. The Morgan fingerprint density at radius 2 is 1.79 bits per heavy atom. The van der Waals surface area contributed by atoms with Crippen LogP contribution < -0.4 is 10.9 Å². The van der Waals surface area contributed by atoms with E-state index in [1.165, 1.54) is 4.57 Å². The predicted molar refractivity (Wildman–Crippen MR) is 115 cm³/mol. The van der Waals surface area contributed by atoms with Crippen molar-refractivity contribution in [2.45, 2.75) is 13.8 Å². The van der Waals surface area contributed by atoms with Crippen LogP contribution in [-0.4, -0.2) is 46.5 Å². The van der Waals surface area contributed by atoms with Crippen molar-refractivity contribution < 1.29 is 4.79 Å². The van der Waals surface area contributed by atoms with Gasteiger partial charge in [0, 0.05) is 18.7 Å². The summed E-state index contributed by atoms with van der Waals surface area (Å²) in [4.78, 5) is 30.5. The highest BCUT2D eigenvalue weighted by Crippen LogP contribution is 2.12. The molecule has 3 rings (SSSR count). The van der Waals surface area contributed by atoms with E-state index in [-0.39, 0.29) is 11.5 Å². The number of hydrogen-bond donors (Lipinski definition) is 2. The van der Waals surface area contributed by atoms with E-state index in [0.29, 0.717) is 33.5 Å². The molecule has 146 valence electrons. The second-order valence-electron chi connectivity index (χ2n) is 6.45. The van der Waals surface area contributed by atoms with Gasteiger partial charge in [-0.25, -0.2) is 0 Å². The topological polar surface area (TPSA) is 70.1 Å². The van der Waals surface area contributed by atoms with E-state index in [0.717, 1.165) is 19.6 Å². The number of likely N-dealkylation sites (N-methyl/N-ethyl adjacent to an activating group) is 1. The molecule has 0 bridgehead atoms. The molecule has 0 unspecified atom stereocenters. The Balaban J connectivity index is 1.80. The minimum Gasteiger partial charge on any atom is -0.351 e. The van der Waals surface area contributed by atoms with E-state index in [2.05, 4.69) is 29.0 Å². The molecule has 1 heterocycles. The zero-order valence-electron chi connectivity index (χ0n) is 16.1. The Morgan fingerprint density at radius 1 is 1.11 bits per heavy atom. The lowest BCUT2D eigenvalue weighted by Crippen LogP contribution is -2.34. The van der Waals surface area contributed by atoms with Crippen LogP contribution in [0.4, 0.5) is 0 Å². The van der Waals surface area contributed by atoms with E-state index in [4.69, 9.17) is 12.2 Å². The summed E-state index contributed by atoms with van der Waals surface area (Å²) in [5, 5.41) is 3.49. The molecule has 0 aliphatic heterocycles. The number of carbonyl (C=O) groups excluding carboxylic acids is 1. The highest BCUT2D eigenvalue weighted by atomic mass is 32.1. The summed E-state index contributed by atoms with van der Waals surface area (Å²) in [6.07, 6.45) is 0. The first-order chi connectivity index (χ1) is 13.5. The second kappa shape index (κ2) is 8.95. The highest BCUT2D eigenvalue weighted by Gasteiger charge is 2.10. The zero-order valence-corrected chi connectivity index (χ0v) is 16.9. The molecule has 0 spiro atoms. The van der Waals surface area contributed by atoms with Crippen molar-refractivity contribution in [2.75, 3.05) is 26.2 Å². The molecule has 1 aromatic heterocycles. The lowest BCUT2D eigenvalue weighted by Gasteiger charge is -2.18. The molecule has 7 heteroatoms. The number of aromatic amines is 1. The third-order valence-electron chi connectivity index (χ3n) is 4.80. The zero-order chi connectivity index (χ0) is 20.1. The molecule has 0 saturated heterocycles. The Morgan fingerprint density at radius 3 is 2.46 bits per heavy atom. The third kappa shape index (κ3) is 4.21. The van der Waals surface area contributed by atoms with Crippen molar-refractivity contribution in [2.24, 2.45) is 0 Å². The van der Waals surface area contributed by atoms with E-state index >= 15 is 0 Å². The number of rotatable bonds is 7. The molecule has 6 nitrogen and oxygen atoms in total. The number of amides is 1. The number of nitrogens with zero attached hydrogens (tertiary/aromatic N) is 2. The summed E-state index contributed by atoms with van der Waals surface area (Å²) >= 11 is 5.36. The number of aromatic nitrogens is 2. The van der Waals surface area contributed by atoms with Crippen LogP contribution in [0.1, 0.15) is 24.2 Å². The van der Waals surface area contributed by atoms with Gasteiger partial charge in [0.25, 0.3) is 11.5 Å². The normalized spacial score (nSPS) is 11.1. The molecule has 0 aliphatic rings. The molecule has 0 radical (unpaired) electrons. The van der Waals surface area contributed by atoms with Crippen LogP contribution in [0.15, 0.2) is 53.3 Å². The van der Waals surface area contributed by atoms with Gasteiger partial charge in [0.15, 0.2) is 4.77 Å². The number of carbonyl (C=O) groups is 1. The number of fused-ring (bicyclic) bond motifs is 1. The van der Waals surface area contributed by atoms with Crippen molar-refractivity contribution in [3.8, 4) is 5.69 Å². The fourth-order valence-corrected chi connectivity index (χ4v) is 3.43. The van der Waals surface area contributed by atoms with Crippen LogP contribution >= 0.6 is 12.2 Å². The maximum atomic E-state index is 12.8. The molecule has 0 atom stereocenters. The van der Waals surface area contributed by atoms with E-state index in [9.17, 15) is 9.59 Å². The van der Waals surface area contributed by atoms with E-state index < -0.39 is 0 Å². The third-order valence-corrected chi connectivity index (χ3v) is 5.09. The summed E-state index contributed by atoms with van der Waals surface area (Å²) in [6, 6.07) is 14.1. The largest absolute Gasteiger partial charge is 0.351 e. The molecule has 0 saturated carbocycles. The molecule has 1 amide bonds. The van der Waals surface area contributed by atoms with Gasteiger partial charge in [0.1, 0.15) is 0 Å². The van der Waals surface area contributed by atoms with Gasteiger partial charge in [-0.3, -0.25) is 14.2 Å². The monoisotopic (exact) mass is 396 g/mol. The van der Waals surface area contributed by atoms with Gasteiger partial charge in [-0.1, -0.05) is 26.0 Å². The van der Waals surface area contributed by atoms with Crippen molar-refractivity contribution >= 4 is 29.0 Å². The number of nitrogens with one attached hydrogen (secondary N) is 2. The van der Waals surface area contributed by atoms with Gasteiger partial charge in [-0.15, -0.1) is 0 Å². The highest BCUT2D eigenvalue weighted by molar-refractivity contribution is 7.71. The smallest absolute Gasteiger partial charge is 0.266 e. The number of H-pyrrole nitrogens is 1. The van der Waals surface area contributed by atoms with E-state index in [1.807, 2.05) is 18.2 Å². The molecule has 2 N–H and O–H groups in total. The maximum Gasteiger partial charge on any atom is 0.266 e. The van der Waals surface area contributed by atoms with Gasteiger partial charge < -0.3 is 15.2 Å². The average molecular weight is 397 g/mol. The molecular formula is C21H24N4O2S. The van der Waals surface area contributed by atoms with Crippen LogP contribution in [0.3, 0.4) is 0 Å². The van der Waals surface area contributed by atoms with Crippen LogP contribution in [0.5, 0.6) is 0 Å². The molecule has 3 aromatic rings. The van der Waals surface area contributed by atoms with Crippen molar-refractivity contribution in [3.05, 3.63) is 69.2 Å². The Bertz CT molecular complexity index is 1080. The Hall–Kier alpha value is -2.77. The molecule has 2 aromatic carbocycles. The van der Waals surface area contributed by atoms with Crippen LogP contribution in [0.2, 0.25) is 0 Å². The molecule has 28 heavy (non-hydrogen) atoms. The fraction of sp³-hybridized carbons (Fsp3) is 0.286. The quantitative estimate of drug-likeness (QED) is 0.602. The van der Waals surface area contributed by atoms with Crippen molar-refractivity contribution in [1.82, 2.24) is 19.8 Å². The SMILES string of the molecule is CCN(CC)CCNC(=O)c1ccc(-n2c(=S)[nH]c3ccccc3c2=O)cc1. The first-order valence-corrected chi connectivity index (χ1v) is 9.81. The lowest BCUT2D eigenvalue weighted by molar-refractivity contribution is 0.0949. The van der Waals surface area contributed by atoms with Crippen LogP contribution in [-0.2, 0) is 0 Å². The number of benzene rings is 2. The van der Waals surface area contributed by atoms with Crippen LogP contribution in [0.25, 0.3) is 16.6 Å². The first kappa shape index (κ1) is 20.0. The van der Waals surface area contributed by atoms with Gasteiger partial charge in [-0.2, -0.15) is 0 Å². The average Bonchev–Trinajstić information content (AvgIpc) is 2.71. The van der Waals surface area contributed by atoms with Crippen molar-refractivity contribution in [1.29, 1.82) is 0 Å². The van der Waals surface area contributed by atoms with Gasteiger partial charge in [-0.05, 0) is 61.7 Å². The first-order valence-electron chi connectivity index (χ1n) is 9.40. The number of hydrogen-bond acceptors (Lipinski definition) is 4. The summed E-state index contributed by atoms with van der Waals surface area (Å²) in [5.41, 5.74) is 1.69.